The molecule has 33 heavy (non-hydrogen) atoms. The van der Waals surface area contributed by atoms with E-state index in [0.29, 0.717) is 18.7 Å². The molecule has 1 heterocycles. The van der Waals surface area contributed by atoms with Crippen molar-refractivity contribution in [2.24, 2.45) is 5.92 Å². The Balaban J connectivity index is 2.00. The van der Waals surface area contributed by atoms with E-state index in [2.05, 4.69) is 0 Å². The molecule has 0 fully saturated rings. The number of aliphatic carboxylic acids is 2. The van der Waals surface area contributed by atoms with Crippen molar-refractivity contribution >= 4 is 23.5 Å². The molecule has 0 aromatic rings. The van der Waals surface area contributed by atoms with Crippen molar-refractivity contribution < 1.29 is 29.4 Å². The van der Waals surface area contributed by atoms with Crippen LogP contribution in [0.25, 0.3) is 0 Å². The van der Waals surface area contributed by atoms with Gasteiger partial charge in [0.25, 0.3) is 0 Å². The van der Waals surface area contributed by atoms with Crippen molar-refractivity contribution in [3.8, 4) is 0 Å². The highest BCUT2D eigenvalue weighted by Crippen LogP contribution is 2.27. The summed E-state index contributed by atoms with van der Waals surface area (Å²) in [4.78, 5) is 47.3. The second-order valence-corrected chi connectivity index (χ2v) is 9.32. The number of rotatable bonds is 22. The molecule has 0 aliphatic carbocycles. The van der Waals surface area contributed by atoms with E-state index in [1.54, 1.807) is 0 Å². The largest absolute Gasteiger partial charge is 0.481 e. The van der Waals surface area contributed by atoms with Crippen molar-refractivity contribution in [3.63, 3.8) is 0 Å². The number of ketones is 2. The van der Waals surface area contributed by atoms with E-state index in [9.17, 15) is 24.3 Å². The molecule has 7 nitrogen and oxygen atoms in total. The molecule has 188 valence electrons. The van der Waals surface area contributed by atoms with Gasteiger partial charge in [-0.25, -0.2) is 0 Å². The molecule has 1 atom stereocenters. The number of carbonyl (C=O) groups excluding carboxylic acids is 2. The lowest BCUT2D eigenvalue weighted by molar-refractivity contribution is -0.142. The number of carboxylic acids is 2. The minimum absolute atomic E-state index is 0.0197. The monoisotopic (exact) mass is 465 g/mol. The summed E-state index contributed by atoms with van der Waals surface area (Å²) in [7, 11) is 0. The third-order valence-corrected chi connectivity index (χ3v) is 6.29. The Morgan fingerprint density at radius 2 is 1.27 bits per heavy atom. The quantitative estimate of drug-likeness (QED) is 0.207. The summed E-state index contributed by atoms with van der Waals surface area (Å²) >= 11 is 0. The molecule has 0 radical (unpaired) electrons. The fourth-order valence-electron chi connectivity index (χ4n) is 4.25. The average molecular weight is 466 g/mol. The molecule has 0 amide bonds. The van der Waals surface area contributed by atoms with Crippen molar-refractivity contribution in [2.45, 2.75) is 110 Å². The summed E-state index contributed by atoms with van der Waals surface area (Å²) in [6, 6.07) is 0. The molecule has 7 heteroatoms. The number of nitrogens with zero attached hydrogens (tertiary/aromatic N) is 1. The Morgan fingerprint density at radius 3 is 1.67 bits per heavy atom. The van der Waals surface area contributed by atoms with Crippen LogP contribution in [0.3, 0.4) is 0 Å². The van der Waals surface area contributed by atoms with Crippen LogP contribution in [0, 0.1) is 5.92 Å². The molecule has 1 rings (SSSR count). The van der Waals surface area contributed by atoms with Gasteiger partial charge in [-0.05, 0) is 32.3 Å². The van der Waals surface area contributed by atoms with E-state index < -0.39 is 17.9 Å². The van der Waals surface area contributed by atoms with Crippen molar-refractivity contribution in [2.75, 3.05) is 13.1 Å². The lowest BCUT2D eigenvalue weighted by Crippen LogP contribution is -2.41. The number of hydrogen-bond donors (Lipinski definition) is 2. The highest BCUT2D eigenvalue weighted by Gasteiger charge is 2.31. The normalized spacial score (nSPS) is 13.8. The Kier molecular flexibility index (Phi) is 15.1. The van der Waals surface area contributed by atoms with Crippen LogP contribution in [-0.2, 0) is 19.2 Å². The number of carbonyl (C=O) groups is 4. The highest BCUT2D eigenvalue weighted by atomic mass is 16.4. The summed E-state index contributed by atoms with van der Waals surface area (Å²) in [5, 5.41) is 18.0. The van der Waals surface area contributed by atoms with E-state index in [0.717, 1.165) is 38.5 Å². The highest BCUT2D eigenvalue weighted by molar-refractivity contribution is 5.82. The molecule has 0 unspecified atom stereocenters. The van der Waals surface area contributed by atoms with Gasteiger partial charge in [0, 0.05) is 31.5 Å². The van der Waals surface area contributed by atoms with Gasteiger partial charge in [0.15, 0.2) is 5.78 Å². The fourth-order valence-corrected chi connectivity index (χ4v) is 4.25. The molecule has 1 aliphatic heterocycles. The van der Waals surface area contributed by atoms with Crippen LogP contribution in [0.4, 0.5) is 0 Å². The number of Topliss-reactive ketones (excluding diaryl/α,β-unsaturated/α-hetero) is 2. The first kappa shape index (κ1) is 28.9. The third-order valence-electron chi connectivity index (χ3n) is 6.29. The van der Waals surface area contributed by atoms with Gasteiger partial charge in [-0.15, -0.1) is 0 Å². The fraction of sp³-hybridized carbons (Fsp3) is 0.769. The van der Waals surface area contributed by atoms with Gasteiger partial charge in [-0.1, -0.05) is 64.2 Å². The zero-order valence-corrected chi connectivity index (χ0v) is 20.4. The maximum atomic E-state index is 12.3. The second-order valence-electron chi connectivity index (χ2n) is 9.32. The van der Waals surface area contributed by atoms with E-state index in [1.807, 2.05) is 11.0 Å². The first-order valence-corrected chi connectivity index (χ1v) is 12.7. The molecule has 0 bridgehead atoms. The predicted molar refractivity (Wildman–Crippen MR) is 128 cm³/mol. The lowest BCUT2D eigenvalue weighted by Gasteiger charge is -2.36. The first-order chi connectivity index (χ1) is 15.8. The summed E-state index contributed by atoms with van der Waals surface area (Å²) in [5.74, 6) is -2.20. The van der Waals surface area contributed by atoms with Crippen molar-refractivity contribution in [1.82, 2.24) is 4.90 Å². The predicted octanol–water partition coefficient (Wildman–Crippen LogP) is 5.37. The van der Waals surface area contributed by atoms with Crippen LogP contribution in [0.1, 0.15) is 110 Å². The summed E-state index contributed by atoms with van der Waals surface area (Å²) in [6.07, 6.45) is 16.5. The molecule has 0 aromatic carbocycles. The summed E-state index contributed by atoms with van der Waals surface area (Å²) < 4.78 is 0. The van der Waals surface area contributed by atoms with E-state index in [-0.39, 0.29) is 37.4 Å². The smallest absolute Gasteiger partial charge is 0.312 e. The van der Waals surface area contributed by atoms with Gasteiger partial charge in [0.05, 0.1) is 12.5 Å². The average Bonchev–Trinajstić information content (AvgIpc) is 2.73. The Bertz CT molecular complexity index is 657. The molecule has 0 saturated carbocycles. The van der Waals surface area contributed by atoms with Gasteiger partial charge in [-0.3, -0.25) is 14.4 Å². The Labute approximate surface area is 198 Å². The van der Waals surface area contributed by atoms with Crippen LogP contribution in [0.15, 0.2) is 11.8 Å². The molecule has 1 aliphatic rings. The maximum Gasteiger partial charge on any atom is 0.312 e. The Morgan fingerprint density at radius 1 is 0.788 bits per heavy atom. The number of hydrogen-bond acceptors (Lipinski definition) is 5. The lowest BCUT2D eigenvalue weighted by atomic mass is 9.93. The SMILES string of the molecule is CC(=O)CC[C@@H](C(=O)O)C1=CCN1CC(=O)CCCCCCCCCCCCCCC(=O)O. The molecular weight excluding hydrogens is 422 g/mol. The molecular formula is C26H43NO6. The number of unbranched alkanes of at least 4 members (excludes halogenated alkanes) is 11. The summed E-state index contributed by atoms with van der Waals surface area (Å²) in [6.45, 7) is 2.34. The van der Waals surface area contributed by atoms with Gasteiger partial charge in [0.2, 0.25) is 0 Å². The third kappa shape index (κ3) is 13.9. The van der Waals surface area contributed by atoms with Crippen LogP contribution >= 0.6 is 0 Å². The zero-order valence-electron chi connectivity index (χ0n) is 20.4. The van der Waals surface area contributed by atoms with E-state index in [4.69, 9.17) is 5.11 Å². The summed E-state index contributed by atoms with van der Waals surface area (Å²) in [5.41, 5.74) is 0.678. The first-order valence-electron chi connectivity index (χ1n) is 12.7. The van der Waals surface area contributed by atoms with Gasteiger partial charge >= 0.3 is 11.9 Å². The van der Waals surface area contributed by atoms with Crippen LogP contribution in [0.2, 0.25) is 0 Å². The van der Waals surface area contributed by atoms with Crippen molar-refractivity contribution in [3.05, 3.63) is 11.8 Å². The van der Waals surface area contributed by atoms with E-state index >= 15 is 0 Å². The minimum Gasteiger partial charge on any atom is -0.481 e. The van der Waals surface area contributed by atoms with Crippen molar-refractivity contribution in [1.29, 1.82) is 0 Å². The van der Waals surface area contributed by atoms with Gasteiger partial charge in [0.1, 0.15) is 5.78 Å². The molecule has 0 spiro atoms. The zero-order chi connectivity index (χ0) is 24.5. The Hall–Kier alpha value is -2.18. The minimum atomic E-state index is -0.935. The molecule has 0 saturated heterocycles. The standard InChI is InChI=1S/C26H43NO6/c1-21(28)16-17-23(26(32)33)24-18-19-27(24)20-22(29)14-12-10-8-6-4-2-3-5-7-9-11-13-15-25(30)31/h18,23H,2-17,19-20H2,1H3,(H,30,31)(H,32,33)/t23-/m1/s1. The van der Waals surface area contributed by atoms with Gasteiger partial charge < -0.3 is 19.9 Å². The topological polar surface area (TPSA) is 112 Å². The van der Waals surface area contributed by atoms with Crippen LogP contribution in [0.5, 0.6) is 0 Å². The molecule has 0 aromatic heterocycles. The van der Waals surface area contributed by atoms with Gasteiger partial charge in [-0.2, -0.15) is 0 Å². The van der Waals surface area contributed by atoms with E-state index in [1.165, 1.54) is 45.4 Å². The van der Waals surface area contributed by atoms with Crippen LogP contribution in [-0.4, -0.2) is 51.7 Å². The number of carboxylic acid groups (broad SMARTS) is 2. The second kappa shape index (κ2) is 17.3. The molecule has 2 N–H and O–H groups in total. The van der Waals surface area contributed by atoms with Crippen LogP contribution < -0.4 is 0 Å². The maximum absolute atomic E-state index is 12.3.